The standard InChI is InChI=1S/C13H13N2O3/c1-8-5-4-6-9(2)11(8)15-12(16)10(7-14)13(17)18-3/h4-6H,1-3H3,(H,15,16)/q-1. The number of nitrogens with zero attached hydrogens (tertiary/aromatic N) is 1. The van der Waals surface area contributed by atoms with E-state index in [2.05, 4.69) is 10.1 Å². The minimum atomic E-state index is -0.943. The molecule has 0 unspecified atom stereocenters. The minimum Gasteiger partial charge on any atom is -0.762 e. The van der Waals surface area contributed by atoms with Crippen LogP contribution in [0.2, 0.25) is 0 Å². The maximum Gasteiger partial charge on any atom is 0.349 e. The molecule has 18 heavy (non-hydrogen) atoms. The Kier molecular flexibility index (Phi) is 4.40. The molecule has 0 heterocycles. The summed E-state index contributed by atoms with van der Waals surface area (Å²) in [5, 5.41) is 11.3. The highest BCUT2D eigenvalue weighted by atomic mass is 16.5. The first kappa shape index (κ1) is 13.7. The number of benzene rings is 1. The number of carbonyl (C=O) groups is 2. The van der Waals surface area contributed by atoms with Gasteiger partial charge in [-0.25, -0.2) is 10.7 Å². The van der Waals surface area contributed by atoms with Crippen LogP contribution >= 0.6 is 0 Å². The predicted molar refractivity (Wildman–Crippen MR) is 68.4 cm³/mol. The number of nitrogens with one attached hydrogen (secondary N) is 1. The molecule has 0 aliphatic rings. The molecule has 1 rings (SSSR count). The largest absolute Gasteiger partial charge is 0.762 e. The molecule has 94 valence electrons. The number of ether oxygens (including phenoxy) is 1. The molecule has 5 heteroatoms. The third-order valence-corrected chi connectivity index (χ3v) is 2.45. The van der Waals surface area contributed by atoms with Gasteiger partial charge in [-0.15, -0.1) is 0 Å². The van der Waals surface area contributed by atoms with Gasteiger partial charge >= 0.3 is 5.97 Å². The Balaban J connectivity index is 3.02. The van der Waals surface area contributed by atoms with Crippen LogP contribution in [0.4, 0.5) is 5.69 Å². The van der Waals surface area contributed by atoms with Gasteiger partial charge in [0.1, 0.15) is 5.57 Å². The summed E-state index contributed by atoms with van der Waals surface area (Å²) < 4.78 is 4.36. The highest BCUT2D eigenvalue weighted by Crippen LogP contribution is 2.19. The lowest BCUT2D eigenvalue weighted by Gasteiger charge is -2.11. The molecule has 0 fully saturated rings. The van der Waals surface area contributed by atoms with Gasteiger partial charge in [0.15, 0.2) is 0 Å². The van der Waals surface area contributed by atoms with Crippen LogP contribution in [0.1, 0.15) is 11.1 Å². The van der Waals surface area contributed by atoms with Crippen LogP contribution in [0.15, 0.2) is 23.8 Å². The third-order valence-electron chi connectivity index (χ3n) is 2.45. The average molecular weight is 245 g/mol. The molecule has 0 aliphatic heterocycles. The fourth-order valence-corrected chi connectivity index (χ4v) is 1.48. The Hall–Kier alpha value is -2.39. The Morgan fingerprint density at radius 1 is 1.28 bits per heavy atom. The van der Waals surface area contributed by atoms with Gasteiger partial charge in [0, 0.05) is 5.69 Å². The Morgan fingerprint density at radius 3 is 2.28 bits per heavy atom. The predicted octanol–water partition coefficient (Wildman–Crippen LogP) is 1.58. The van der Waals surface area contributed by atoms with Crippen molar-refractivity contribution < 1.29 is 14.3 Å². The molecule has 0 radical (unpaired) electrons. The second kappa shape index (κ2) is 5.80. The van der Waals surface area contributed by atoms with Crippen molar-refractivity contribution in [3.63, 3.8) is 0 Å². The zero-order valence-corrected chi connectivity index (χ0v) is 10.4. The highest BCUT2D eigenvalue weighted by Gasteiger charge is 2.18. The molecule has 5 nitrogen and oxygen atoms in total. The van der Waals surface area contributed by atoms with Crippen molar-refractivity contribution in [2.45, 2.75) is 13.8 Å². The lowest BCUT2D eigenvalue weighted by atomic mass is 10.1. The first-order valence-electron chi connectivity index (χ1n) is 5.24. The van der Waals surface area contributed by atoms with E-state index in [1.807, 2.05) is 32.0 Å². The molecular formula is C13H13N2O3-. The van der Waals surface area contributed by atoms with Crippen molar-refractivity contribution in [1.29, 1.82) is 0 Å². The van der Waals surface area contributed by atoms with Crippen molar-refractivity contribution in [2.75, 3.05) is 12.4 Å². The fourth-order valence-electron chi connectivity index (χ4n) is 1.48. The van der Waals surface area contributed by atoms with E-state index in [9.17, 15) is 9.59 Å². The van der Waals surface area contributed by atoms with Crippen molar-refractivity contribution in [3.05, 3.63) is 40.3 Å². The highest BCUT2D eigenvalue weighted by molar-refractivity contribution is 6.27. The number of hydrogen-bond acceptors (Lipinski definition) is 3. The Morgan fingerprint density at radius 2 is 1.83 bits per heavy atom. The smallest absolute Gasteiger partial charge is 0.349 e. The molecule has 0 saturated carbocycles. The van der Waals surface area contributed by atoms with Crippen molar-refractivity contribution in [3.8, 4) is 0 Å². The minimum absolute atomic E-state index is 0.569. The van der Waals surface area contributed by atoms with E-state index in [0.29, 0.717) is 5.69 Å². The normalized spacial score (nSPS) is 9.28. The van der Waals surface area contributed by atoms with E-state index in [-0.39, 0.29) is 0 Å². The summed E-state index contributed by atoms with van der Waals surface area (Å²) in [6.07, 6.45) is 0. The van der Waals surface area contributed by atoms with Crippen LogP contribution < -0.4 is 5.32 Å². The van der Waals surface area contributed by atoms with Crippen LogP contribution in [-0.4, -0.2) is 24.9 Å². The summed E-state index contributed by atoms with van der Waals surface area (Å²) >= 11 is 0. The van der Waals surface area contributed by atoms with E-state index in [0.717, 1.165) is 18.2 Å². The number of para-hydroxylation sites is 1. The van der Waals surface area contributed by atoms with Gasteiger partial charge in [0.2, 0.25) is 0 Å². The number of anilines is 1. The first-order chi connectivity index (χ1) is 8.51. The number of esters is 1. The van der Waals surface area contributed by atoms with Crippen molar-refractivity contribution in [1.82, 2.24) is 0 Å². The van der Waals surface area contributed by atoms with Crippen LogP contribution in [0.25, 0.3) is 5.41 Å². The quantitative estimate of drug-likeness (QED) is 0.289. The fraction of sp³-hybridized carbons (Fsp3) is 0.231. The van der Waals surface area contributed by atoms with Crippen LogP contribution in [-0.2, 0) is 14.3 Å². The van der Waals surface area contributed by atoms with E-state index in [1.54, 1.807) is 5.87 Å². The number of amides is 1. The van der Waals surface area contributed by atoms with E-state index < -0.39 is 17.4 Å². The van der Waals surface area contributed by atoms with E-state index >= 15 is 0 Å². The molecule has 0 aromatic heterocycles. The SMILES string of the molecule is COC(=O)C(=C=[N-])C(=O)Nc1c(C)cccc1C. The number of methoxy groups -OCH3 is 1. The lowest BCUT2D eigenvalue weighted by Crippen LogP contribution is -2.22. The summed E-state index contributed by atoms with van der Waals surface area (Å²) in [6, 6.07) is 5.51. The first-order valence-corrected chi connectivity index (χ1v) is 5.24. The summed E-state index contributed by atoms with van der Waals surface area (Å²) in [5.41, 5.74) is 1.73. The lowest BCUT2D eigenvalue weighted by molar-refractivity contribution is -0.137. The van der Waals surface area contributed by atoms with Crippen LogP contribution in [0.3, 0.4) is 0 Å². The van der Waals surface area contributed by atoms with Gasteiger partial charge < -0.3 is 15.5 Å². The average Bonchev–Trinajstić information content (AvgIpc) is 2.34. The Bertz CT molecular complexity index is 523. The second-order valence-electron chi connectivity index (χ2n) is 3.70. The zero-order valence-electron chi connectivity index (χ0n) is 10.4. The number of rotatable bonds is 3. The summed E-state index contributed by atoms with van der Waals surface area (Å²) in [7, 11) is 1.12. The molecule has 0 atom stereocenters. The van der Waals surface area contributed by atoms with Crippen LogP contribution in [0, 0.1) is 13.8 Å². The number of hydrogen-bond donors (Lipinski definition) is 1. The molecule has 1 aromatic carbocycles. The molecule has 1 N–H and O–H groups in total. The van der Waals surface area contributed by atoms with Gasteiger partial charge in [-0.05, 0) is 25.0 Å². The molecule has 0 spiro atoms. The molecule has 0 aliphatic carbocycles. The number of aryl methyl sites for hydroxylation is 2. The summed E-state index contributed by atoms with van der Waals surface area (Å²) in [6.45, 7) is 3.65. The third kappa shape index (κ3) is 2.84. The Labute approximate surface area is 105 Å². The van der Waals surface area contributed by atoms with Crippen molar-refractivity contribution >= 4 is 23.4 Å². The number of carbonyl (C=O) groups excluding carboxylic acids is 2. The molecule has 0 saturated heterocycles. The van der Waals surface area contributed by atoms with Gasteiger partial charge in [-0.3, -0.25) is 4.79 Å². The maximum atomic E-state index is 11.8. The molecule has 1 aromatic rings. The molecular weight excluding hydrogens is 232 g/mol. The van der Waals surface area contributed by atoms with Gasteiger partial charge in [-0.1, -0.05) is 18.2 Å². The van der Waals surface area contributed by atoms with Crippen LogP contribution in [0.5, 0.6) is 0 Å². The monoisotopic (exact) mass is 245 g/mol. The summed E-state index contributed by atoms with van der Waals surface area (Å²) in [4.78, 5) is 23.0. The maximum absolute atomic E-state index is 11.8. The topological polar surface area (TPSA) is 77.7 Å². The summed E-state index contributed by atoms with van der Waals surface area (Å²) in [5.74, 6) is -0.164. The molecule has 0 bridgehead atoms. The van der Waals surface area contributed by atoms with Gasteiger partial charge in [-0.2, -0.15) is 0 Å². The van der Waals surface area contributed by atoms with Gasteiger partial charge in [0.25, 0.3) is 5.91 Å². The van der Waals surface area contributed by atoms with E-state index in [4.69, 9.17) is 5.41 Å². The zero-order chi connectivity index (χ0) is 13.7. The van der Waals surface area contributed by atoms with Gasteiger partial charge in [0.05, 0.1) is 7.11 Å². The molecule has 1 amide bonds. The van der Waals surface area contributed by atoms with E-state index in [1.165, 1.54) is 0 Å². The van der Waals surface area contributed by atoms with Crippen molar-refractivity contribution in [2.24, 2.45) is 0 Å². The second-order valence-corrected chi connectivity index (χ2v) is 3.70.